The molecule has 2 aliphatic rings. The Hall–Kier alpha value is -2.01. The minimum Gasteiger partial charge on any atom is -0.495 e. The smallest absolute Gasteiger partial charge is 0.232 e. The zero-order chi connectivity index (χ0) is 20.7. The predicted molar refractivity (Wildman–Crippen MR) is 115 cm³/mol. The van der Waals surface area contributed by atoms with E-state index in [1.165, 1.54) is 7.11 Å². The molecule has 1 heterocycles. The van der Waals surface area contributed by atoms with Crippen molar-refractivity contribution in [2.24, 2.45) is 0 Å². The van der Waals surface area contributed by atoms with Gasteiger partial charge in [0, 0.05) is 40.1 Å². The molecule has 0 saturated heterocycles. The third-order valence-electron chi connectivity index (χ3n) is 5.41. The fourth-order valence-electron chi connectivity index (χ4n) is 4.14. The molecule has 0 fully saturated rings. The van der Waals surface area contributed by atoms with Crippen LogP contribution in [0.5, 0.6) is 5.75 Å². The Bertz CT molecular complexity index is 1050. The number of carbonyl (C=O) groups is 2. The van der Waals surface area contributed by atoms with Crippen LogP contribution in [0.15, 0.2) is 47.7 Å². The van der Waals surface area contributed by atoms with E-state index in [-0.39, 0.29) is 24.0 Å². The summed E-state index contributed by atoms with van der Waals surface area (Å²) in [6.45, 7) is 0. The van der Waals surface area contributed by atoms with E-state index in [9.17, 15) is 9.59 Å². The summed E-state index contributed by atoms with van der Waals surface area (Å²) in [5.41, 5.74) is 2.77. The van der Waals surface area contributed by atoms with E-state index in [1.807, 2.05) is 0 Å². The topological polar surface area (TPSA) is 46.6 Å². The maximum atomic E-state index is 13.2. The molecule has 0 saturated carbocycles. The molecule has 1 amide bonds. The highest BCUT2D eigenvalue weighted by Crippen LogP contribution is 2.46. The zero-order valence-electron chi connectivity index (χ0n) is 15.7. The first-order chi connectivity index (χ1) is 13.9. The zero-order valence-corrected chi connectivity index (χ0v) is 17.9. The van der Waals surface area contributed by atoms with Crippen LogP contribution in [0.1, 0.15) is 37.2 Å². The molecular formula is C22H18Cl3NO3. The molecule has 0 spiro atoms. The lowest BCUT2D eigenvalue weighted by atomic mass is 9.77. The summed E-state index contributed by atoms with van der Waals surface area (Å²) in [6.07, 6.45) is 1.95. The van der Waals surface area contributed by atoms with Gasteiger partial charge in [0.2, 0.25) is 5.91 Å². The number of carbonyl (C=O) groups excluding carboxylic acids is 2. The van der Waals surface area contributed by atoms with Gasteiger partial charge >= 0.3 is 0 Å². The van der Waals surface area contributed by atoms with Crippen molar-refractivity contribution in [1.82, 2.24) is 0 Å². The number of rotatable bonds is 3. The van der Waals surface area contributed by atoms with Gasteiger partial charge in [-0.2, -0.15) is 0 Å². The van der Waals surface area contributed by atoms with Crippen molar-refractivity contribution < 1.29 is 14.3 Å². The van der Waals surface area contributed by atoms with E-state index >= 15 is 0 Å². The molecule has 1 aliphatic heterocycles. The number of hydrogen-bond acceptors (Lipinski definition) is 3. The van der Waals surface area contributed by atoms with Crippen molar-refractivity contribution in [3.8, 4) is 5.75 Å². The minimum absolute atomic E-state index is 0.0550. The van der Waals surface area contributed by atoms with Gasteiger partial charge in [-0.3, -0.25) is 14.5 Å². The van der Waals surface area contributed by atoms with Crippen LogP contribution in [0, 0.1) is 0 Å². The highest BCUT2D eigenvalue weighted by molar-refractivity contribution is 6.35. The van der Waals surface area contributed by atoms with Crippen molar-refractivity contribution in [3.63, 3.8) is 0 Å². The Morgan fingerprint density at radius 1 is 1.00 bits per heavy atom. The van der Waals surface area contributed by atoms with E-state index in [2.05, 4.69) is 0 Å². The van der Waals surface area contributed by atoms with Crippen molar-refractivity contribution in [3.05, 3.63) is 68.3 Å². The van der Waals surface area contributed by atoms with Crippen molar-refractivity contribution in [2.75, 3.05) is 12.0 Å². The minimum atomic E-state index is -0.375. The Morgan fingerprint density at radius 2 is 1.79 bits per heavy atom. The third kappa shape index (κ3) is 3.65. The average molecular weight is 451 g/mol. The number of halogens is 3. The lowest BCUT2D eigenvalue weighted by molar-refractivity contribution is -0.119. The van der Waals surface area contributed by atoms with Gasteiger partial charge < -0.3 is 4.74 Å². The van der Waals surface area contributed by atoms with E-state index in [0.29, 0.717) is 51.3 Å². The van der Waals surface area contributed by atoms with Crippen molar-refractivity contribution in [1.29, 1.82) is 0 Å². The SMILES string of the molecule is COc1ccc(N2C(=O)CC(c3ccc(Cl)cc3Cl)C3=C2CCCC3=O)cc1Cl. The third-order valence-corrected chi connectivity index (χ3v) is 6.26. The number of ether oxygens (including phenoxy) is 1. The fourth-order valence-corrected chi connectivity index (χ4v) is 4.93. The molecule has 0 bridgehead atoms. The molecule has 2 aromatic carbocycles. The van der Waals surface area contributed by atoms with Crippen molar-refractivity contribution >= 4 is 52.2 Å². The molecule has 4 nitrogen and oxygen atoms in total. The van der Waals surface area contributed by atoms with Crippen LogP contribution in [-0.4, -0.2) is 18.8 Å². The van der Waals surface area contributed by atoms with E-state index in [4.69, 9.17) is 39.5 Å². The van der Waals surface area contributed by atoms with Crippen LogP contribution in [-0.2, 0) is 9.59 Å². The summed E-state index contributed by atoms with van der Waals surface area (Å²) in [5.74, 6) is 0.106. The highest BCUT2D eigenvalue weighted by atomic mass is 35.5. The van der Waals surface area contributed by atoms with Crippen LogP contribution in [0.25, 0.3) is 0 Å². The summed E-state index contributed by atoms with van der Waals surface area (Å²) in [4.78, 5) is 27.8. The monoisotopic (exact) mass is 449 g/mol. The molecule has 2 aromatic rings. The molecule has 29 heavy (non-hydrogen) atoms. The first kappa shape index (κ1) is 20.3. The van der Waals surface area contributed by atoms with Gasteiger partial charge in [0.05, 0.1) is 17.8 Å². The number of methoxy groups -OCH3 is 1. The predicted octanol–water partition coefficient (Wildman–Crippen LogP) is 6.18. The van der Waals surface area contributed by atoms with Gasteiger partial charge in [0.15, 0.2) is 5.78 Å². The number of hydrogen-bond donors (Lipinski definition) is 0. The average Bonchev–Trinajstić information content (AvgIpc) is 2.67. The summed E-state index contributed by atoms with van der Waals surface area (Å²) in [7, 11) is 1.54. The fraction of sp³-hybridized carbons (Fsp3) is 0.273. The summed E-state index contributed by atoms with van der Waals surface area (Å²) < 4.78 is 5.21. The first-order valence-corrected chi connectivity index (χ1v) is 10.4. The quantitative estimate of drug-likeness (QED) is 0.560. The molecule has 0 N–H and O–H groups in total. The van der Waals surface area contributed by atoms with Crippen LogP contribution in [0.3, 0.4) is 0 Å². The summed E-state index contributed by atoms with van der Waals surface area (Å²) >= 11 is 18.7. The molecule has 0 aromatic heterocycles. The van der Waals surface area contributed by atoms with Gasteiger partial charge in [-0.1, -0.05) is 40.9 Å². The van der Waals surface area contributed by atoms with E-state index in [0.717, 1.165) is 11.3 Å². The second-order valence-corrected chi connectivity index (χ2v) is 8.36. The molecule has 4 rings (SSSR count). The highest BCUT2D eigenvalue weighted by Gasteiger charge is 2.40. The maximum Gasteiger partial charge on any atom is 0.232 e. The van der Waals surface area contributed by atoms with E-state index < -0.39 is 0 Å². The number of ketones is 1. The lowest BCUT2D eigenvalue weighted by Gasteiger charge is -2.38. The van der Waals surface area contributed by atoms with Gasteiger partial charge in [0.1, 0.15) is 5.75 Å². The molecule has 150 valence electrons. The first-order valence-electron chi connectivity index (χ1n) is 9.28. The Labute approximate surface area is 184 Å². The van der Waals surface area contributed by atoms with Crippen LogP contribution < -0.4 is 9.64 Å². The van der Waals surface area contributed by atoms with Gasteiger partial charge in [-0.05, 0) is 48.7 Å². The molecule has 1 unspecified atom stereocenters. The van der Waals surface area contributed by atoms with Crippen molar-refractivity contribution in [2.45, 2.75) is 31.6 Å². The summed E-state index contributed by atoms with van der Waals surface area (Å²) in [6, 6.07) is 10.4. The number of Topliss-reactive ketones (excluding diaryl/α,β-unsaturated/α-hetero) is 1. The molecule has 1 aliphatic carbocycles. The molecule has 1 atom stereocenters. The van der Waals surface area contributed by atoms with Gasteiger partial charge in [0.25, 0.3) is 0 Å². The maximum absolute atomic E-state index is 13.2. The normalized spacial score (nSPS) is 19.4. The Kier molecular flexibility index (Phi) is 5.60. The number of amides is 1. The van der Waals surface area contributed by atoms with Crippen LogP contribution in [0.2, 0.25) is 15.1 Å². The second-order valence-electron chi connectivity index (χ2n) is 7.11. The lowest BCUT2D eigenvalue weighted by Crippen LogP contribution is -2.40. The number of anilines is 1. The van der Waals surface area contributed by atoms with Gasteiger partial charge in [-0.25, -0.2) is 0 Å². The Morgan fingerprint density at radius 3 is 2.48 bits per heavy atom. The van der Waals surface area contributed by atoms with E-state index in [1.54, 1.807) is 41.3 Å². The number of nitrogens with zero attached hydrogens (tertiary/aromatic N) is 1. The number of benzene rings is 2. The van der Waals surface area contributed by atoms with Crippen LogP contribution >= 0.6 is 34.8 Å². The second kappa shape index (κ2) is 8.02. The van der Waals surface area contributed by atoms with Crippen LogP contribution in [0.4, 0.5) is 5.69 Å². The number of allylic oxidation sites excluding steroid dienone is 2. The summed E-state index contributed by atoms with van der Waals surface area (Å²) in [5, 5.41) is 1.38. The Balaban J connectivity index is 1.86. The largest absolute Gasteiger partial charge is 0.495 e. The van der Waals surface area contributed by atoms with Gasteiger partial charge in [-0.15, -0.1) is 0 Å². The standard InChI is InChI=1S/C22H18Cl3NO3/c1-29-20-8-6-13(10-17(20)25)26-18-3-2-4-19(27)22(18)15(11-21(26)28)14-7-5-12(23)9-16(14)24/h5-10,15H,2-4,11H2,1H3. The molecule has 0 radical (unpaired) electrons. The molecular weight excluding hydrogens is 433 g/mol. The molecule has 7 heteroatoms.